The van der Waals surface area contributed by atoms with E-state index >= 15 is 0 Å². The van der Waals surface area contributed by atoms with E-state index in [4.69, 9.17) is 14.5 Å². The van der Waals surface area contributed by atoms with Crippen molar-refractivity contribution in [1.82, 2.24) is 14.5 Å². The van der Waals surface area contributed by atoms with Crippen molar-refractivity contribution in [3.63, 3.8) is 0 Å². The highest BCUT2D eigenvalue weighted by atomic mass is 16.5. The summed E-state index contributed by atoms with van der Waals surface area (Å²) in [6.45, 7) is 5.33. The van der Waals surface area contributed by atoms with Gasteiger partial charge in [0.25, 0.3) is 5.91 Å². The molecule has 1 saturated heterocycles. The molecule has 2 aliphatic rings. The maximum absolute atomic E-state index is 12.9. The van der Waals surface area contributed by atoms with Gasteiger partial charge in [-0.25, -0.2) is 4.98 Å². The minimum atomic E-state index is -0.0587. The highest BCUT2D eigenvalue weighted by Crippen LogP contribution is 2.40. The Hall–Kier alpha value is -2.70. The van der Waals surface area contributed by atoms with Gasteiger partial charge in [0, 0.05) is 24.7 Å². The number of ether oxygens (including phenoxy) is 2. The molecular weight excluding hydrogens is 354 g/mol. The number of rotatable bonds is 6. The summed E-state index contributed by atoms with van der Waals surface area (Å²) in [7, 11) is 0. The number of benzene rings is 1. The third-order valence-electron chi connectivity index (χ3n) is 5.49. The zero-order valence-corrected chi connectivity index (χ0v) is 15.8. The number of hydrogen-bond acceptors (Lipinski definition) is 5. The lowest BCUT2D eigenvalue weighted by atomic mass is 10.1. The van der Waals surface area contributed by atoms with Crippen molar-refractivity contribution in [3.05, 3.63) is 48.2 Å². The molecule has 6 nitrogen and oxygen atoms in total. The molecule has 2 aliphatic heterocycles. The van der Waals surface area contributed by atoms with Gasteiger partial charge in [-0.3, -0.25) is 14.3 Å². The molecule has 0 aliphatic carbocycles. The number of aromatic nitrogens is 2. The van der Waals surface area contributed by atoms with Crippen LogP contribution in [0.2, 0.25) is 0 Å². The molecule has 0 radical (unpaired) electrons. The lowest BCUT2D eigenvalue weighted by Crippen LogP contribution is -2.36. The fourth-order valence-corrected chi connectivity index (χ4v) is 4.02. The molecule has 6 heteroatoms. The smallest absolute Gasteiger partial charge is 0.268 e. The third kappa shape index (κ3) is 2.99. The van der Waals surface area contributed by atoms with Crippen LogP contribution in [-0.2, 0) is 4.74 Å². The first-order valence-electron chi connectivity index (χ1n) is 9.91. The van der Waals surface area contributed by atoms with Crippen molar-refractivity contribution in [1.29, 1.82) is 0 Å². The number of nitrogens with zero attached hydrogens (tertiary/aromatic N) is 3. The van der Waals surface area contributed by atoms with Crippen molar-refractivity contribution in [2.45, 2.75) is 12.8 Å². The summed E-state index contributed by atoms with van der Waals surface area (Å²) < 4.78 is 13.3. The minimum absolute atomic E-state index is 0.0587. The van der Waals surface area contributed by atoms with Crippen LogP contribution in [0.15, 0.2) is 42.6 Å². The van der Waals surface area contributed by atoms with Crippen LogP contribution in [0.1, 0.15) is 23.2 Å². The van der Waals surface area contributed by atoms with Crippen LogP contribution in [0.5, 0.6) is 5.75 Å². The third-order valence-corrected chi connectivity index (χ3v) is 5.49. The second-order valence-corrected chi connectivity index (χ2v) is 7.26. The van der Waals surface area contributed by atoms with Crippen molar-refractivity contribution >= 4 is 16.8 Å². The molecule has 28 heavy (non-hydrogen) atoms. The van der Waals surface area contributed by atoms with Crippen molar-refractivity contribution in [3.8, 4) is 17.1 Å². The number of carbonyl (C=O) groups excluding carboxylic acids is 1. The SMILES string of the molecule is O=C1c2c(nc3ccccc3c2OCCCCN2CCOCC2)-c2cccn21. The second kappa shape index (κ2) is 7.37. The van der Waals surface area contributed by atoms with E-state index in [1.54, 1.807) is 10.8 Å². The first kappa shape index (κ1) is 17.4. The molecule has 0 unspecified atom stereocenters. The number of carbonyl (C=O) groups is 1. The highest BCUT2D eigenvalue weighted by molar-refractivity contribution is 6.13. The standard InChI is InChI=1S/C22H23N3O3/c26-22-19-20(18-8-5-10-25(18)22)23-17-7-2-1-6-16(17)21(19)28-13-4-3-9-24-11-14-27-15-12-24/h1-2,5-8,10H,3-4,9,11-15H2. The van der Waals surface area contributed by atoms with E-state index in [0.717, 1.165) is 68.0 Å². The monoisotopic (exact) mass is 377 g/mol. The van der Waals surface area contributed by atoms with Crippen LogP contribution >= 0.6 is 0 Å². The van der Waals surface area contributed by atoms with Crippen LogP contribution in [0.4, 0.5) is 0 Å². The van der Waals surface area contributed by atoms with E-state index in [1.165, 1.54) is 0 Å². The fraction of sp³-hybridized carbons (Fsp3) is 0.364. The topological polar surface area (TPSA) is 56.6 Å². The average Bonchev–Trinajstić information content (AvgIpc) is 3.31. The number of hydrogen-bond donors (Lipinski definition) is 0. The molecule has 0 N–H and O–H groups in total. The lowest BCUT2D eigenvalue weighted by molar-refractivity contribution is 0.0368. The van der Waals surface area contributed by atoms with E-state index < -0.39 is 0 Å². The Bertz CT molecular complexity index is 1020. The van der Waals surface area contributed by atoms with Gasteiger partial charge in [0.2, 0.25) is 0 Å². The first-order chi connectivity index (χ1) is 13.8. The lowest BCUT2D eigenvalue weighted by Gasteiger charge is -2.26. The first-order valence-corrected chi connectivity index (χ1v) is 9.91. The molecule has 0 bridgehead atoms. The quantitative estimate of drug-likeness (QED) is 0.483. The Kier molecular flexibility index (Phi) is 4.58. The molecule has 4 heterocycles. The van der Waals surface area contributed by atoms with Gasteiger partial charge < -0.3 is 9.47 Å². The Morgan fingerprint density at radius 2 is 1.93 bits per heavy atom. The van der Waals surface area contributed by atoms with Gasteiger partial charge in [0.05, 0.1) is 31.0 Å². The normalized spacial score (nSPS) is 16.4. The summed E-state index contributed by atoms with van der Waals surface area (Å²) in [6.07, 6.45) is 3.80. The highest BCUT2D eigenvalue weighted by Gasteiger charge is 2.32. The summed E-state index contributed by atoms with van der Waals surface area (Å²) in [6, 6.07) is 11.7. The Morgan fingerprint density at radius 1 is 1.07 bits per heavy atom. The van der Waals surface area contributed by atoms with Crippen molar-refractivity contribution < 1.29 is 14.3 Å². The van der Waals surface area contributed by atoms with Gasteiger partial charge >= 0.3 is 0 Å². The minimum Gasteiger partial charge on any atom is -0.492 e. The molecule has 144 valence electrons. The Labute approximate surface area is 163 Å². The second-order valence-electron chi connectivity index (χ2n) is 7.26. The number of pyridine rings is 1. The van der Waals surface area contributed by atoms with Gasteiger partial charge in [-0.05, 0) is 43.7 Å². The van der Waals surface area contributed by atoms with E-state index in [9.17, 15) is 4.79 Å². The molecule has 0 spiro atoms. The number of fused-ring (bicyclic) bond motifs is 4. The van der Waals surface area contributed by atoms with Crippen molar-refractivity contribution in [2.75, 3.05) is 39.5 Å². The van der Waals surface area contributed by atoms with E-state index in [-0.39, 0.29) is 5.91 Å². The van der Waals surface area contributed by atoms with E-state index in [0.29, 0.717) is 17.9 Å². The number of unbranched alkanes of at least 4 members (excludes halogenated alkanes) is 1. The zero-order valence-electron chi connectivity index (χ0n) is 15.8. The molecule has 0 saturated carbocycles. The van der Waals surface area contributed by atoms with Gasteiger partial charge in [-0.2, -0.15) is 0 Å². The molecule has 1 aromatic carbocycles. The fourth-order valence-electron chi connectivity index (χ4n) is 4.02. The maximum atomic E-state index is 12.9. The van der Waals surface area contributed by atoms with Crippen molar-refractivity contribution in [2.24, 2.45) is 0 Å². The Balaban J connectivity index is 1.36. The van der Waals surface area contributed by atoms with E-state index in [1.807, 2.05) is 36.4 Å². The maximum Gasteiger partial charge on any atom is 0.268 e. The number of para-hydroxylation sites is 1. The van der Waals surface area contributed by atoms with E-state index in [2.05, 4.69) is 4.90 Å². The Morgan fingerprint density at radius 3 is 2.82 bits per heavy atom. The summed E-state index contributed by atoms with van der Waals surface area (Å²) >= 11 is 0. The summed E-state index contributed by atoms with van der Waals surface area (Å²) in [4.78, 5) is 20.1. The molecular formula is C22H23N3O3. The van der Waals surface area contributed by atoms with Crippen LogP contribution in [-0.4, -0.2) is 59.8 Å². The van der Waals surface area contributed by atoms with Crippen LogP contribution in [0.3, 0.4) is 0 Å². The molecule has 0 atom stereocenters. The average molecular weight is 377 g/mol. The molecule has 1 fully saturated rings. The number of morpholine rings is 1. The van der Waals surface area contributed by atoms with Gasteiger partial charge in [0.1, 0.15) is 17.0 Å². The molecule has 2 aromatic heterocycles. The van der Waals surface area contributed by atoms with Crippen LogP contribution in [0, 0.1) is 0 Å². The predicted octanol–water partition coefficient (Wildman–Crippen LogP) is 3.20. The summed E-state index contributed by atoms with van der Waals surface area (Å²) in [5.41, 5.74) is 2.99. The molecule has 5 rings (SSSR count). The molecule has 3 aromatic rings. The zero-order chi connectivity index (χ0) is 18.9. The largest absolute Gasteiger partial charge is 0.492 e. The summed E-state index contributed by atoms with van der Waals surface area (Å²) in [5.74, 6) is 0.609. The summed E-state index contributed by atoms with van der Waals surface area (Å²) in [5, 5.41) is 0.897. The van der Waals surface area contributed by atoms with Gasteiger partial charge in [-0.1, -0.05) is 12.1 Å². The van der Waals surface area contributed by atoms with Crippen LogP contribution in [0.25, 0.3) is 22.3 Å². The van der Waals surface area contributed by atoms with Crippen LogP contribution < -0.4 is 4.74 Å². The molecule has 0 amide bonds. The van der Waals surface area contributed by atoms with Gasteiger partial charge in [-0.15, -0.1) is 0 Å². The predicted molar refractivity (Wildman–Crippen MR) is 107 cm³/mol. The van der Waals surface area contributed by atoms with Gasteiger partial charge in [0.15, 0.2) is 0 Å².